The Kier molecular flexibility index (Phi) is 4.55. The summed E-state index contributed by atoms with van der Waals surface area (Å²) in [6, 6.07) is 8.69. The van der Waals surface area contributed by atoms with Crippen molar-refractivity contribution in [3.8, 4) is 11.3 Å². The number of nitrogens with two attached hydrogens (primary N) is 1. The lowest BCUT2D eigenvalue weighted by Gasteiger charge is -2.14. The van der Waals surface area contributed by atoms with Gasteiger partial charge in [0.15, 0.2) is 0 Å². The van der Waals surface area contributed by atoms with Gasteiger partial charge >= 0.3 is 6.03 Å². The molecule has 124 valence electrons. The highest BCUT2D eigenvalue weighted by Crippen LogP contribution is 2.19. The maximum atomic E-state index is 12.3. The van der Waals surface area contributed by atoms with Crippen molar-refractivity contribution in [2.24, 2.45) is 0 Å². The van der Waals surface area contributed by atoms with Crippen molar-refractivity contribution >= 4 is 17.8 Å². The highest BCUT2D eigenvalue weighted by molar-refractivity contribution is 5.95. The second-order valence-corrected chi connectivity index (χ2v) is 5.38. The predicted molar refractivity (Wildman–Crippen MR) is 89.2 cm³/mol. The van der Waals surface area contributed by atoms with E-state index in [0.717, 1.165) is 5.56 Å². The molecule has 0 spiro atoms. The quantitative estimate of drug-likeness (QED) is 0.739. The Balaban J connectivity index is 1.63. The fourth-order valence-corrected chi connectivity index (χ4v) is 2.48. The van der Waals surface area contributed by atoms with E-state index in [9.17, 15) is 9.59 Å². The van der Waals surface area contributed by atoms with E-state index in [0.29, 0.717) is 43.3 Å². The van der Waals surface area contributed by atoms with Crippen LogP contribution in [0.3, 0.4) is 0 Å². The standard InChI is InChI=1S/C16H18N6O2/c17-14-9-13(20-10-21-14)11-2-1-3-12(8-11)15(23)18-4-6-22-7-5-19-16(22)24/h1-3,8-10H,4-7H2,(H,18,23)(H,19,24)(H2,17,20,21). The number of carbonyl (C=O) groups is 2. The molecule has 1 saturated heterocycles. The first-order valence-electron chi connectivity index (χ1n) is 7.62. The Labute approximate surface area is 139 Å². The van der Waals surface area contributed by atoms with E-state index in [4.69, 9.17) is 5.73 Å². The van der Waals surface area contributed by atoms with E-state index in [2.05, 4.69) is 20.6 Å². The summed E-state index contributed by atoms with van der Waals surface area (Å²) in [6.07, 6.45) is 1.39. The number of hydrogen-bond donors (Lipinski definition) is 3. The van der Waals surface area contributed by atoms with Crippen LogP contribution in [0.4, 0.5) is 10.6 Å². The average Bonchev–Trinajstić information content (AvgIpc) is 3.00. The van der Waals surface area contributed by atoms with Crippen molar-refractivity contribution in [3.05, 3.63) is 42.2 Å². The van der Waals surface area contributed by atoms with Gasteiger partial charge in [0.2, 0.25) is 0 Å². The summed E-state index contributed by atoms with van der Waals surface area (Å²) in [5.74, 6) is 0.178. The first-order valence-corrected chi connectivity index (χ1v) is 7.62. The third-order valence-corrected chi connectivity index (χ3v) is 3.72. The Bertz CT molecular complexity index is 764. The van der Waals surface area contributed by atoms with Crippen LogP contribution in [0.5, 0.6) is 0 Å². The Morgan fingerprint density at radius 1 is 1.33 bits per heavy atom. The fourth-order valence-electron chi connectivity index (χ4n) is 2.48. The van der Waals surface area contributed by atoms with Crippen molar-refractivity contribution in [1.82, 2.24) is 25.5 Å². The number of anilines is 1. The monoisotopic (exact) mass is 326 g/mol. The smallest absolute Gasteiger partial charge is 0.317 e. The molecule has 0 saturated carbocycles. The molecule has 0 bridgehead atoms. The zero-order valence-electron chi connectivity index (χ0n) is 13.0. The van der Waals surface area contributed by atoms with Gasteiger partial charge in [-0.05, 0) is 12.1 Å². The van der Waals surface area contributed by atoms with Crippen LogP contribution in [0.2, 0.25) is 0 Å². The lowest BCUT2D eigenvalue weighted by Crippen LogP contribution is -2.36. The molecule has 8 nitrogen and oxygen atoms in total. The topological polar surface area (TPSA) is 113 Å². The van der Waals surface area contributed by atoms with Gasteiger partial charge in [-0.2, -0.15) is 0 Å². The molecule has 2 aromatic rings. The van der Waals surface area contributed by atoms with Gasteiger partial charge in [-0.3, -0.25) is 4.79 Å². The molecular formula is C16H18N6O2. The number of carbonyl (C=O) groups excluding carboxylic acids is 2. The van der Waals surface area contributed by atoms with E-state index in [-0.39, 0.29) is 11.9 Å². The summed E-state index contributed by atoms with van der Waals surface area (Å²) >= 11 is 0. The number of aromatic nitrogens is 2. The van der Waals surface area contributed by atoms with Gasteiger partial charge in [0.05, 0.1) is 5.69 Å². The Hall–Kier alpha value is -3.16. The summed E-state index contributed by atoms with van der Waals surface area (Å²) in [7, 11) is 0. The van der Waals surface area contributed by atoms with Gasteiger partial charge in [-0.25, -0.2) is 14.8 Å². The molecule has 8 heteroatoms. The van der Waals surface area contributed by atoms with Gasteiger partial charge < -0.3 is 21.3 Å². The number of rotatable bonds is 5. The minimum Gasteiger partial charge on any atom is -0.384 e. The molecule has 4 N–H and O–H groups in total. The molecule has 1 aliphatic rings. The van der Waals surface area contributed by atoms with Crippen LogP contribution in [-0.2, 0) is 0 Å². The molecule has 0 radical (unpaired) electrons. The van der Waals surface area contributed by atoms with E-state index < -0.39 is 0 Å². The number of nitrogens with one attached hydrogen (secondary N) is 2. The second-order valence-electron chi connectivity index (χ2n) is 5.38. The van der Waals surface area contributed by atoms with E-state index in [1.807, 2.05) is 6.07 Å². The zero-order chi connectivity index (χ0) is 16.9. The summed E-state index contributed by atoms with van der Waals surface area (Å²) < 4.78 is 0. The normalized spacial score (nSPS) is 13.7. The van der Waals surface area contributed by atoms with Crippen LogP contribution in [0.1, 0.15) is 10.4 Å². The maximum absolute atomic E-state index is 12.3. The third kappa shape index (κ3) is 3.60. The van der Waals surface area contributed by atoms with Crippen molar-refractivity contribution in [3.63, 3.8) is 0 Å². The summed E-state index contributed by atoms with van der Waals surface area (Å²) in [4.78, 5) is 33.4. The SMILES string of the molecule is Nc1cc(-c2cccc(C(=O)NCCN3CCNC3=O)c2)ncn1. The second kappa shape index (κ2) is 6.95. The van der Waals surface area contributed by atoms with Gasteiger partial charge in [0, 0.05) is 43.4 Å². The first kappa shape index (κ1) is 15.7. The van der Waals surface area contributed by atoms with Crippen LogP contribution in [0.25, 0.3) is 11.3 Å². The lowest BCUT2D eigenvalue weighted by atomic mass is 10.1. The summed E-state index contributed by atoms with van der Waals surface area (Å²) in [5.41, 5.74) is 7.63. The molecule has 1 aromatic heterocycles. The van der Waals surface area contributed by atoms with Crippen molar-refractivity contribution in [2.75, 3.05) is 31.9 Å². The Morgan fingerprint density at radius 3 is 2.96 bits per heavy atom. The lowest BCUT2D eigenvalue weighted by molar-refractivity contribution is 0.0950. The maximum Gasteiger partial charge on any atom is 0.317 e. The first-order chi connectivity index (χ1) is 11.6. The number of amides is 3. The van der Waals surface area contributed by atoms with Crippen LogP contribution < -0.4 is 16.4 Å². The molecule has 1 fully saturated rings. The van der Waals surface area contributed by atoms with Crippen molar-refractivity contribution < 1.29 is 9.59 Å². The number of nitrogens with zero attached hydrogens (tertiary/aromatic N) is 3. The molecule has 0 unspecified atom stereocenters. The van der Waals surface area contributed by atoms with E-state index in [1.54, 1.807) is 29.2 Å². The molecule has 1 aromatic carbocycles. The van der Waals surface area contributed by atoms with Crippen molar-refractivity contribution in [1.29, 1.82) is 0 Å². The van der Waals surface area contributed by atoms with Gasteiger partial charge in [-0.1, -0.05) is 12.1 Å². The summed E-state index contributed by atoms with van der Waals surface area (Å²) in [6.45, 7) is 2.20. The fraction of sp³-hybridized carbons (Fsp3) is 0.250. The zero-order valence-corrected chi connectivity index (χ0v) is 13.0. The molecule has 1 aliphatic heterocycles. The highest BCUT2D eigenvalue weighted by Gasteiger charge is 2.18. The number of benzene rings is 1. The molecular weight excluding hydrogens is 308 g/mol. The van der Waals surface area contributed by atoms with Crippen LogP contribution in [0.15, 0.2) is 36.7 Å². The van der Waals surface area contributed by atoms with Gasteiger partial charge in [-0.15, -0.1) is 0 Å². The number of urea groups is 1. The summed E-state index contributed by atoms with van der Waals surface area (Å²) in [5, 5.41) is 5.54. The molecule has 0 atom stereocenters. The van der Waals surface area contributed by atoms with E-state index >= 15 is 0 Å². The molecule has 3 rings (SSSR count). The minimum absolute atomic E-state index is 0.0902. The van der Waals surface area contributed by atoms with Gasteiger partial charge in [0.25, 0.3) is 5.91 Å². The molecule has 3 amide bonds. The van der Waals surface area contributed by atoms with Crippen LogP contribution in [-0.4, -0.2) is 53.0 Å². The van der Waals surface area contributed by atoms with Crippen LogP contribution >= 0.6 is 0 Å². The largest absolute Gasteiger partial charge is 0.384 e. The molecule has 24 heavy (non-hydrogen) atoms. The van der Waals surface area contributed by atoms with E-state index in [1.165, 1.54) is 6.33 Å². The predicted octanol–water partition coefficient (Wildman–Crippen LogP) is 0.481. The Morgan fingerprint density at radius 2 is 2.21 bits per heavy atom. The highest BCUT2D eigenvalue weighted by atomic mass is 16.2. The number of nitrogen functional groups attached to an aromatic ring is 1. The average molecular weight is 326 g/mol. The van der Waals surface area contributed by atoms with Crippen molar-refractivity contribution in [2.45, 2.75) is 0 Å². The van der Waals surface area contributed by atoms with Gasteiger partial charge in [0.1, 0.15) is 12.1 Å². The molecule has 0 aliphatic carbocycles. The van der Waals surface area contributed by atoms with Crippen LogP contribution in [0, 0.1) is 0 Å². The minimum atomic E-state index is -0.196. The number of hydrogen-bond acceptors (Lipinski definition) is 5. The molecule has 2 heterocycles. The third-order valence-electron chi connectivity index (χ3n) is 3.72.